The molecule has 0 N–H and O–H groups in total. The average molecular weight is 413 g/mol. The zero-order valence-corrected chi connectivity index (χ0v) is 16.6. The molecule has 7 heteroatoms. The Labute approximate surface area is 174 Å². The molecule has 2 heterocycles. The molecule has 0 atom stereocenters. The van der Waals surface area contributed by atoms with Gasteiger partial charge >= 0.3 is 5.97 Å². The standard InChI is InChI=1S/C22H21ClN2O4/c23-18-6-2-3-7-19(18)24-9-11-25(12-10-24)21(26)15-29-22(27)17-13-16-5-1-4-8-20(16)28-14-17/h1-8,13H,9-12,14-15H2. The Morgan fingerprint density at radius 1 is 1.00 bits per heavy atom. The van der Waals surface area contributed by atoms with Crippen LogP contribution in [0.4, 0.5) is 5.69 Å². The highest BCUT2D eigenvalue weighted by atomic mass is 35.5. The first-order chi connectivity index (χ1) is 14.1. The summed E-state index contributed by atoms with van der Waals surface area (Å²) in [6, 6.07) is 15.1. The summed E-state index contributed by atoms with van der Waals surface area (Å²) in [4.78, 5) is 28.6. The highest BCUT2D eigenvalue weighted by molar-refractivity contribution is 6.33. The maximum Gasteiger partial charge on any atom is 0.338 e. The van der Waals surface area contributed by atoms with Crippen molar-refractivity contribution in [2.75, 3.05) is 44.3 Å². The molecule has 29 heavy (non-hydrogen) atoms. The van der Waals surface area contributed by atoms with Crippen molar-refractivity contribution < 1.29 is 19.1 Å². The molecule has 1 fully saturated rings. The number of piperazine rings is 1. The lowest BCUT2D eigenvalue weighted by Crippen LogP contribution is -2.50. The fraction of sp³-hybridized carbons (Fsp3) is 0.273. The van der Waals surface area contributed by atoms with Gasteiger partial charge in [0.1, 0.15) is 12.4 Å². The largest absolute Gasteiger partial charge is 0.488 e. The van der Waals surface area contributed by atoms with Crippen LogP contribution in [-0.4, -0.2) is 56.2 Å². The van der Waals surface area contributed by atoms with Gasteiger partial charge in [-0.1, -0.05) is 41.9 Å². The Hall–Kier alpha value is -2.99. The highest BCUT2D eigenvalue weighted by Crippen LogP contribution is 2.27. The van der Waals surface area contributed by atoms with Gasteiger partial charge in [-0.2, -0.15) is 0 Å². The molecule has 2 aromatic carbocycles. The van der Waals surface area contributed by atoms with Crippen molar-refractivity contribution in [3.63, 3.8) is 0 Å². The van der Waals surface area contributed by atoms with Gasteiger partial charge in [-0.3, -0.25) is 4.79 Å². The molecule has 0 aliphatic carbocycles. The van der Waals surface area contributed by atoms with Gasteiger partial charge < -0.3 is 19.3 Å². The molecule has 0 aromatic heterocycles. The summed E-state index contributed by atoms with van der Waals surface area (Å²) in [7, 11) is 0. The molecular formula is C22H21ClN2O4. The quantitative estimate of drug-likeness (QED) is 0.722. The van der Waals surface area contributed by atoms with E-state index in [4.69, 9.17) is 21.1 Å². The Morgan fingerprint density at radius 2 is 1.72 bits per heavy atom. The number of halogens is 1. The third-order valence-electron chi connectivity index (χ3n) is 5.05. The molecule has 4 rings (SSSR count). The Kier molecular flexibility index (Phi) is 5.71. The number of carbonyl (C=O) groups is 2. The van der Waals surface area contributed by atoms with Crippen molar-refractivity contribution in [2.24, 2.45) is 0 Å². The van der Waals surface area contributed by atoms with E-state index >= 15 is 0 Å². The lowest BCUT2D eigenvalue weighted by Gasteiger charge is -2.36. The molecular weight excluding hydrogens is 392 g/mol. The second-order valence-corrected chi connectivity index (χ2v) is 7.30. The lowest BCUT2D eigenvalue weighted by molar-refractivity contribution is -0.149. The molecule has 2 aliphatic heterocycles. The maximum atomic E-state index is 12.4. The van der Waals surface area contributed by atoms with Crippen LogP contribution in [-0.2, 0) is 14.3 Å². The van der Waals surface area contributed by atoms with E-state index in [9.17, 15) is 9.59 Å². The number of para-hydroxylation sites is 2. The number of benzene rings is 2. The first kappa shape index (κ1) is 19.3. The molecule has 6 nitrogen and oxygen atoms in total. The topological polar surface area (TPSA) is 59.1 Å². The van der Waals surface area contributed by atoms with Crippen molar-refractivity contribution in [1.29, 1.82) is 0 Å². The van der Waals surface area contributed by atoms with E-state index in [0.717, 1.165) is 17.0 Å². The molecule has 1 amide bonds. The van der Waals surface area contributed by atoms with Gasteiger partial charge in [0, 0.05) is 31.7 Å². The van der Waals surface area contributed by atoms with Crippen LogP contribution in [0.1, 0.15) is 5.56 Å². The summed E-state index contributed by atoms with van der Waals surface area (Å²) in [6.07, 6.45) is 1.74. The minimum absolute atomic E-state index is 0.139. The average Bonchev–Trinajstić information content (AvgIpc) is 2.77. The zero-order valence-electron chi connectivity index (χ0n) is 15.8. The number of ether oxygens (including phenoxy) is 2. The fourth-order valence-corrected chi connectivity index (χ4v) is 3.71. The number of fused-ring (bicyclic) bond motifs is 1. The second-order valence-electron chi connectivity index (χ2n) is 6.89. The lowest BCUT2D eigenvalue weighted by atomic mass is 10.1. The number of esters is 1. The summed E-state index contributed by atoms with van der Waals surface area (Å²) in [5, 5.41) is 0.700. The zero-order chi connectivity index (χ0) is 20.2. The summed E-state index contributed by atoms with van der Waals surface area (Å²) >= 11 is 6.25. The predicted octanol–water partition coefficient (Wildman–Crippen LogP) is 3.01. The van der Waals surface area contributed by atoms with Crippen molar-refractivity contribution in [1.82, 2.24) is 4.90 Å². The Balaban J connectivity index is 1.28. The summed E-state index contributed by atoms with van der Waals surface area (Å²) in [5.41, 5.74) is 2.20. The van der Waals surface area contributed by atoms with Crippen LogP contribution in [0, 0.1) is 0 Å². The van der Waals surface area contributed by atoms with E-state index in [1.54, 1.807) is 11.0 Å². The van der Waals surface area contributed by atoms with Crippen LogP contribution < -0.4 is 9.64 Å². The van der Waals surface area contributed by atoms with E-state index in [-0.39, 0.29) is 19.1 Å². The van der Waals surface area contributed by atoms with Gasteiger partial charge in [0.2, 0.25) is 0 Å². The van der Waals surface area contributed by atoms with E-state index < -0.39 is 5.97 Å². The SMILES string of the molecule is O=C(OCC(=O)N1CCN(c2ccccc2Cl)CC1)C1=Cc2ccccc2OC1. The number of anilines is 1. The summed E-state index contributed by atoms with van der Waals surface area (Å²) < 4.78 is 10.8. The summed E-state index contributed by atoms with van der Waals surface area (Å²) in [6.45, 7) is 2.34. The first-order valence-corrected chi connectivity index (χ1v) is 9.86. The van der Waals surface area contributed by atoms with Gasteiger partial charge in [-0.25, -0.2) is 4.79 Å². The van der Waals surface area contributed by atoms with Gasteiger partial charge in [-0.15, -0.1) is 0 Å². The molecule has 0 unspecified atom stereocenters. The summed E-state index contributed by atoms with van der Waals surface area (Å²) in [5.74, 6) is 0.00830. The van der Waals surface area contributed by atoms with Gasteiger partial charge in [-0.05, 0) is 24.3 Å². The molecule has 2 aromatic rings. The number of nitrogens with zero attached hydrogens (tertiary/aromatic N) is 2. The normalized spacial score (nSPS) is 15.8. The molecule has 0 saturated carbocycles. The fourth-order valence-electron chi connectivity index (χ4n) is 3.45. The van der Waals surface area contributed by atoms with E-state index in [1.807, 2.05) is 48.5 Å². The Bertz CT molecular complexity index is 951. The molecule has 0 bridgehead atoms. The number of hydrogen-bond acceptors (Lipinski definition) is 5. The third-order valence-corrected chi connectivity index (χ3v) is 5.37. The van der Waals surface area contributed by atoms with Gasteiger partial charge in [0.15, 0.2) is 6.61 Å². The second kappa shape index (κ2) is 8.57. The van der Waals surface area contributed by atoms with Gasteiger partial charge in [0.05, 0.1) is 16.3 Å². The molecule has 0 spiro atoms. The van der Waals surface area contributed by atoms with Crippen LogP contribution in [0.2, 0.25) is 5.02 Å². The van der Waals surface area contributed by atoms with Crippen molar-refractivity contribution in [3.05, 3.63) is 64.7 Å². The number of carbonyl (C=O) groups excluding carboxylic acids is 2. The van der Waals surface area contributed by atoms with E-state index in [0.29, 0.717) is 36.8 Å². The minimum Gasteiger partial charge on any atom is -0.488 e. The van der Waals surface area contributed by atoms with Crippen LogP contribution in [0.5, 0.6) is 5.75 Å². The minimum atomic E-state index is -0.525. The first-order valence-electron chi connectivity index (χ1n) is 9.48. The maximum absolute atomic E-state index is 12.4. The van der Waals surface area contributed by atoms with Crippen LogP contribution in [0.3, 0.4) is 0 Å². The van der Waals surface area contributed by atoms with Gasteiger partial charge in [0.25, 0.3) is 5.91 Å². The Morgan fingerprint density at radius 3 is 2.52 bits per heavy atom. The van der Waals surface area contributed by atoms with Crippen LogP contribution in [0.25, 0.3) is 6.08 Å². The van der Waals surface area contributed by atoms with Crippen LogP contribution in [0.15, 0.2) is 54.1 Å². The molecule has 0 radical (unpaired) electrons. The van der Waals surface area contributed by atoms with E-state index in [2.05, 4.69) is 4.90 Å². The van der Waals surface area contributed by atoms with Crippen LogP contribution >= 0.6 is 11.6 Å². The predicted molar refractivity (Wildman–Crippen MR) is 111 cm³/mol. The smallest absolute Gasteiger partial charge is 0.338 e. The van der Waals surface area contributed by atoms with E-state index in [1.165, 1.54) is 0 Å². The van der Waals surface area contributed by atoms with Crippen molar-refractivity contribution in [2.45, 2.75) is 0 Å². The third kappa shape index (κ3) is 4.38. The molecule has 1 saturated heterocycles. The molecule has 2 aliphatic rings. The highest BCUT2D eigenvalue weighted by Gasteiger charge is 2.24. The van der Waals surface area contributed by atoms with Crippen molar-refractivity contribution in [3.8, 4) is 5.75 Å². The number of hydrogen-bond donors (Lipinski definition) is 0. The monoisotopic (exact) mass is 412 g/mol. The number of rotatable bonds is 4. The molecule has 150 valence electrons. The van der Waals surface area contributed by atoms with Crippen molar-refractivity contribution >= 4 is 35.2 Å². The number of amides is 1.